The molecule has 0 saturated carbocycles. The summed E-state index contributed by atoms with van der Waals surface area (Å²) >= 11 is 0. The highest BCUT2D eigenvalue weighted by Crippen LogP contribution is 2.49. The Kier molecular flexibility index (Phi) is 3.50. The number of ether oxygens (including phenoxy) is 1. The molecular formula is C19H18N2O5. The number of para-hydroxylation sites is 1. The van der Waals surface area contributed by atoms with E-state index in [1.165, 1.54) is 6.07 Å². The number of hydrogen-bond donors (Lipinski definition) is 1. The van der Waals surface area contributed by atoms with Crippen molar-refractivity contribution in [3.63, 3.8) is 0 Å². The molecule has 0 radical (unpaired) electrons. The average Bonchev–Trinajstić information content (AvgIpc) is 2.92. The Morgan fingerprint density at radius 2 is 1.88 bits per heavy atom. The van der Waals surface area contributed by atoms with E-state index < -0.39 is 16.8 Å². The molecule has 0 amide bonds. The van der Waals surface area contributed by atoms with E-state index in [9.17, 15) is 19.7 Å². The highest BCUT2D eigenvalue weighted by Gasteiger charge is 2.47. The molecule has 134 valence electrons. The van der Waals surface area contributed by atoms with Crippen LogP contribution in [0.25, 0.3) is 0 Å². The number of ketones is 1. The van der Waals surface area contributed by atoms with Crippen LogP contribution in [0.3, 0.4) is 0 Å². The van der Waals surface area contributed by atoms with Gasteiger partial charge in [0.1, 0.15) is 6.61 Å². The number of dihydropyridines is 1. The van der Waals surface area contributed by atoms with Crippen LogP contribution in [0.4, 0.5) is 5.69 Å². The number of nitro benzene ring substituents is 1. The van der Waals surface area contributed by atoms with E-state index in [4.69, 9.17) is 4.74 Å². The molecule has 0 spiro atoms. The van der Waals surface area contributed by atoms with Gasteiger partial charge < -0.3 is 10.1 Å². The number of hydrogen-bond acceptors (Lipinski definition) is 6. The van der Waals surface area contributed by atoms with Crippen molar-refractivity contribution in [3.05, 3.63) is 62.5 Å². The van der Waals surface area contributed by atoms with Crippen LogP contribution in [-0.4, -0.2) is 23.3 Å². The van der Waals surface area contributed by atoms with Crippen molar-refractivity contribution in [2.45, 2.75) is 32.6 Å². The molecular weight excluding hydrogens is 336 g/mol. The number of cyclic esters (lactones) is 1. The molecule has 0 saturated heterocycles. The second-order valence-electron chi connectivity index (χ2n) is 7.68. The molecule has 7 nitrogen and oxygen atoms in total. The van der Waals surface area contributed by atoms with E-state index in [-0.39, 0.29) is 23.5 Å². The Morgan fingerprint density at radius 1 is 1.15 bits per heavy atom. The SMILES string of the molecule is CC1(C)CC(=O)C2=C(C1)NC1=C(C(=O)OC1)C2c1ccccc1[N+](=O)[O-]. The number of nitro groups is 1. The van der Waals surface area contributed by atoms with Crippen molar-refractivity contribution < 1.29 is 19.2 Å². The Bertz CT molecular complexity index is 926. The summed E-state index contributed by atoms with van der Waals surface area (Å²) in [6.45, 7) is 4.11. The first-order valence-corrected chi connectivity index (χ1v) is 8.45. The van der Waals surface area contributed by atoms with Crippen molar-refractivity contribution in [3.8, 4) is 0 Å². The summed E-state index contributed by atoms with van der Waals surface area (Å²) in [5, 5.41) is 14.7. The van der Waals surface area contributed by atoms with Crippen LogP contribution >= 0.6 is 0 Å². The van der Waals surface area contributed by atoms with Crippen LogP contribution in [0.2, 0.25) is 0 Å². The lowest BCUT2D eigenvalue weighted by Crippen LogP contribution is -2.37. The van der Waals surface area contributed by atoms with E-state index in [1.54, 1.807) is 18.2 Å². The highest BCUT2D eigenvalue weighted by atomic mass is 16.6. The van der Waals surface area contributed by atoms with Crippen molar-refractivity contribution in [1.82, 2.24) is 5.32 Å². The lowest BCUT2D eigenvalue weighted by Gasteiger charge is -2.38. The number of benzene rings is 1. The van der Waals surface area contributed by atoms with Crippen LogP contribution in [0.15, 0.2) is 46.8 Å². The first-order chi connectivity index (χ1) is 12.3. The fraction of sp³-hybridized carbons (Fsp3) is 0.368. The van der Waals surface area contributed by atoms with E-state index in [2.05, 4.69) is 5.32 Å². The lowest BCUT2D eigenvalue weighted by molar-refractivity contribution is -0.385. The molecule has 1 aromatic rings. The van der Waals surface area contributed by atoms with Gasteiger partial charge in [0.25, 0.3) is 5.69 Å². The summed E-state index contributed by atoms with van der Waals surface area (Å²) in [6.07, 6.45) is 0.971. The molecule has 1 unspecified atom stereocenters. The minimum Gasteiger partial charge on any atom is -0.456 e. The number of carbonyl (C=O) groups is 2. The number of rotatable bonds is 2. The Balaban J connectivity index is 1.95. The van der Waals surface area contributed by atoms with Gasteiger partial charge in [-0.15, -0.1) is 0 Å². The Morgan fingerprint density at radius 3 is 2.62 bits per heavy atom. The molecule has 2 heterocycles. The van der Waals surface area contributed by atoms with Crippen LogP contribution in [0.5, 0.6) is 0 Å². The van der Waals surface area contributed by atoms with Crippen molar-refractivity contribution in [2.24, 2.45) is 5.41 Å². The Hall–Kier alpha value is -2.96. The predicted octanol–water partition coefficient (Wildman–Crippen LogP) is 2.74. The number of Topliss-reactive ketones (excluding diaryl/α,β-unsaturated/α-hetero) is 1. The largest absolute Gasteiger partial charge is 0.456 e. The van der Waals surface area contributed by atoms with E-state index in [0.29, 0.717) is 35.2 Å². The summed E-state index contributed by atoms with van der Waals surface area (Å²) in [4.78, 5) is 36.4. The average molecular weight is 354 g/mol. The zero-order valence-corrected chi connectivity index (χ0v) is 14.5. The predicted molar refractivity (Wildman–Crippen MR) is 92.0 cm³/mol. The van der Waals surface area contributed by atoms with Gasteiger partial charge in [0, 0.05) is 29.3 Å². The van der Waals surface area contributed by atoms with Gasteiger partial charge in [0.15, 0.2) is 5.78 Å². The molecule has 1 atom stereocenters. The van der Waals surface area contributed by atoms with Gasteiger partial charge in [0.2, 0.25) is 0 Å². The third-order valence-corrected chi connectivity index (χ3v) is 5.14. The molecule has 3 aliphatic rings. The molecule has 7 heteroatoms. The fourth-order valence-corrected chi connectivity index (χ4v) is 4.13. The normalized spacial score (nSPS) is 24.0. The van der Waals surface area contributed by atoms with E-state index in [0.717, 1.165) is 5.70 Å². The molecule has 0 bridgehead atoms. The van der Waals surface area contributed by atoms with Gasteiger partial charge in [-0.2, -0.15) is 0 Å². The maximum absolute atomic E-state index is 13.0. The number of esters is 1. The smallest absolute Gasteiger partial charge is 0.337 e. The second kappa shape index (κ2) is 5.52. The first kappa shape index (κ1) is 16.5. The summed E-state index contributed by atoms with van der Waals surface area (Å²) in [5.41, 5.74) is 2.15. The number of nitrogens with one attached hydrogen (secondary N) is 1. The summed E-state index contributed by atoms with van der Waals surface area (Å²) in [6, 6.07) is 6.27. The molecule has 1 aliphatic carbocycles. The molecule has 0 aromatic heterocycles. The summed E-state index contributed by atoms with van der Waals surface area (Å²) in [5.74, 6) is -1.38. The first-order valence-electron chi connectivity index (χ1n) is 8.45. The standard InChI is InChI=1S/C19H18N2O5/c1-19(2)7-11-16(14(22)8-19)15(17-12(20-11)9-26-18(17)23)10-5-3-4-6-13(10)21(24)25/h3-6,15,20H,7-9H2,1-2H3. The zero-order chi connectivity index (χ0) is 18.6. The third kappa shape index (κ3) is 2.42. The van der Waals surface area contributed by atoms with Crippen LogP contribution in [0, 0.1) is 15.5 Å². The van der Waals surface area contributed by atoms with Crippen LogP contribution < -0.4 is 5.32 Å². The minimum atomic E-state index is -0.763. The molecule has 1 N–H and O–H groups in total. The quantitative estimate of drug-likeness (QED) is 0.498. The van der Waals surface area contributed by atoms with Crippen molar-refractivity contribution >= 4 is 17.4 Å². The molecule has 26 heavy (non-hydrogen) atoms. The van der Waals surface area contributed by atoms with Gasteiger partial charge in [-0.3, -0.25) is 14.9 Å². The maximum Gasteiger partial charge on any atom is 0.337 e. The zero-order valence-electron chi connectivity index (χ0n) is 14.5. The molecule has 2 aliphatic heterocycles. The van der Waals surface area contributed by atoms with Crippen molar-refractivity contribution in [1.29, 1.82) is 0 Å². The van der Waals surface area contributed by atoms with Crippen LogP contribution in [-0.2, 0) is 14.3 Å². The van der Waals surface area contributed by atoms with Gasteiger partial charge in [-0.25, -0.2) is 4.79 Å². The second-order valence-corrected chi connectivity index (χ2v) is 7.68. The fourth-order valence-electron chi connectivity index (χ4n) is 4.13. The molecule has 0 fully saturated rings. The number of carbonyl (C=O) groups excluding carboxylic acids is 2. The summed E-state index contributed by atoms with van der Waals surface area (Å²) < 4.78 is 5.16. The maximum atomic E-state index is 13.0. The van der Waals surface area contributed by atoms with Gasteiger partial charge >= 0.3 is 5.97 Å². The Labute approximate surface area is 149 Å². The van der Waals surface area contributed by atoms with Gasteiger partial charge in [-0.1, -0.05) is 32.0 Å². The van der Waals surface area contributed by atoms with Crippen LogP contribution in [0.1, 0.15) is 38.2 Å². The van der Waals surface area contributed by atoms with E-state index >= 15 is 0 Å². The molecule has 1 aromatic carbocycles. The van der Waals surface area contributed by atoms with E-state index in [1.807, 2.05) is 13.8 Å². The topological polar surface area (TPSA) is 98.5 Å². The lowest BCUT2D eigenvalue weighted by atomic mass is 9.68. The summed E-state index contributed by atoms with van der Waals surface area (Å²) in [7, 11) is 0. The monoisotopic (exact) mass is 354 g/mol. The molecule has 4 rings (SSSR count). The van der Waals surface area contributed by atoms with Gasteiger partial charge in [-0.05, 0) is 11.8 Å². The van der Waals surface area contributed by atoms with Crippen molar-refractivity contribution in [2.75, 3.05) is 6.61 Å². The van der Waals surface area contributed by atoms with Gasteiger partial charge in [0.05, 0.1) is 22.1 Å². The number of nitrogens with zero attached hydrogens (tertiary/aromatic N) is 1. The number of allylic oxidation sites excluding steroid dienone is 2. The highest BCUT2D eigenvalue weighted by molar-refractivity contribution is 6.05. The minimum absolute atomic E-state index is 0.0850. The third-order valence-electron chi connectivity index (χ3n) is 5.14.